The normalized spacial score (nSPS) is 27.0. The van der Waals surface area contributed by atoms with E-state index in [4.69, 9.17) is 4.74 Å². The van der Waals surface area contributed by atoms with Gasteiger partial charge in [0.1, 0.15) is 12.1 Å². The maximum absolute atomic E-state index is 15.1. The lowest BCUT2D eigenvalue weighted by Gasteiger charge is -2.48. The zero-order chi connectivity index (χ0) is 24.8. The van der Waals surface area contributed by atoms with E-state index in [0.717, 1.165) is 38.8 Å². The van der Waals surface area contributed by atoms with Gasteiger partial charge in [-0.3, -0.25) is 24.6 Å². The summed E-state index contributed by atoms with van der Waals surface area (Å²) in [6.07, 6.45) is 4.44. The number of nitrogens with one attached hydrogen (secondary N) is 1. The van der Waals surface area contributed by atoms with E-state index in [1.165, 1.54) is 16.5 Å². The van der Waals surface area contributed by atoms with Gasteiger partial charge in [-0.1, -0.05) is 36.8 Å². The van der Waals surface area contributed by atoms with Crippen molar-refractivity contribution in [2.24, 2.45) is 0 Å². The third-order valence-corrected chi connectivity index (χ3v) is 8.17. The van der Waals surface area contributed by atoms with Crippen LogP contribution in [0.1, 0.15) is 65.9 Å². The summed E-state index contributed by atoms with van der Waals surface area (Å²) in [6.45, 7) is 2.17. The van der Waals surface area contributed by atoms with Crippen molar-refractivity contribution in [1.29, 1.82) is 0 Å². The van der Waals surface area contributed by atoms with Crippen LogP contribution in [0.3, 0.4) is 0 Å². The first-order valence-corrected chi connectivity index (χ1v) is 12.9. The molecule has 3 atom stereocenters. The second-order valence-corrected chi connectivity index (χ2v) is 10.4. The number of nitrogens with zero attached hydrogens (tertiary/aromatic N) is 2. The quantitative estimate of drug-likeness (QED) is 0.649. The molecule has 0 bridgehead atoms. The molecule has 6 rings (SSSR count). The van der Waals surface area contributed by atoms with Crippen molar-refractivity contribution in [2.45, 2.75) is 69.2 Å². The molecule has 1 N–H and O–H groups in total. The van der Waals surface area contributed by atoms with Gasteiger partial charge in [0.2, 0.25) is 11.8 Å². The Balaban J connectivity index is 1.15. The summed E-state index contributed by atoms with van der Waals surface area (Å²) in [5, 5.41) is 2.30. The van der Waals surface area contributed by atoms with Crippen LogP contribution in [0.25, 0.3) is 0 Å². The summed E-state index contributed by atoms with van der Waals surface area (Å²) in [7, 11) is 0. The highest BCUT2D eigenvalue weighted by atomic mass is 19.1. The number of benzene rings is 2. The number of amides is 3. The van der Waals surface area contributed by atoms with Crippen LogP contribution in [0.4, 0.5) is 4.39 Å². The number of hydrogen-bond donors (Lipinski definition) is 1. The minimum absolute atomic E-state index is 0.105. The third kappa shape index (κ3) is 4.17. The van der Waals surface area contributed by atoms with Crippen molar-refractivity contribution >= 4 is 17.7 Å². The Morgan fingerprint density at radius 1 is 0.972 bits per heavy atom. The third-order valence-electron chi connectivity index (χ3n) is 8.17. The molecule has 2 aromatic carbocycles. The minimum Gasteiger partial charge on any atom is -0.486 e. The molecule has 36 heavy (non-hydrogen) atoms. The number of hydrogen-bond acceptors (Lipinski definition) is 5. The minimum atomic E-state index is -0.721. The van der Waals surface area contributed by atoms with Gasteiger partial charge in [0, 0.05) is 43.6 Å². The van der Waals surface area contributed by atoms with Gasteiger partial charge in [-0.2, -0.15) is 0 Å². The standard InChI is InChI=1S/C28H30FN3O4/c29-21-13-20-18(16-32(28(20)35)23-10-11-26(33)30-27(23)34)12-25(21)36-24-9-5-4-8-22(24)31-14-19(15-31)17-6-2-1-3-7-17/h1-3,6-7,12-13,19,22-24H,4-5,8-11,14-16H2,(H,30,33,34)/t22-,23-,24-/m0/s1. The SMILES string of the molecule is O=C1CC[C@H](N2Cc3cc(O[C@H]4CCCC[C@@H]4N4CC(c5ccccc5)C4)c(F)cc3C2=O)C(=O)N1. The lowest BCUT2D eigenvalue weighted by atomic mass is 9.84. The van der Waals surface area contributed by atoms with Gasteiger partial charge in [-0.05, 0) is 48.9 Å². The maximum Gasteiger partial charge on any atom is 0.255 e. The molecule has 188 valence electrons. The number of ether oxygens (including phenoxy) is 1. The number of carbonyl (C=O) groups is 3. The summed E-state index contributed by atoms with van der Waals surface area (Å²) in [4.78, 5) is 40.7. The molecular formula is C28H30FN3O4. The molecule has 0 aromatic heterocycles. The molecule has 7 nitrogen and oxygen atoms in total. The maximum atomic E-state index is 15.1. The van der Waals surface area contributed by atoms with Crippen molar-refractivity contribution in [3.63, 3.8) is 0 Å². The van der Waals surface area contributed by atoms with Crippen LogP contribution >= 0.6 is 0 Å². The largest absolute Gasteiger partial charge is 0.486 e. The van der Waals surface area contributed by atoms with Crippen LogP contribution in [-0.4, -0.2) is 58.8 Å². The van der Waals surface area contributed by atoms with E-state index in [2.05, 4.69) is 34.5 Å². The van der Waals surface area contributed by atoms with Crippen molar-refractivity contribution in [3.8, 4) is 5.75 Å². The van der Waals surface area contributed by atoms with E-state index in [-0.39, 0.29) is 54.7 Å². The van der Waals surface area contributed by atoms with E-state index in [1.807, 2.05) is 6.07 Å². The Morgan fingerprint density at radius 3 is 2.53 bits per heavy atom. The van der Waals surface area contributed by atoms with Gasteiger partial charge in [-0.25, -0.2) is 4.39 Å². The molecule has 0 radical (unpaired) electrons. The fraction of sp³-hybridized carbons (Fsp3) is 0.464. The van der Waals surface area contributed by atoms with Crippen LogP contribution in [0, 0.1) is 5.82 Å². The molecule has 0 spiro atoms. The molecule has 1 aliphatic carbocycles. The Kier molecular flexibility index (Phi) is 5.99. The Hall–Kier alpha value is -3.26. The second kappa shape index (κ2) is 9.32. The average Bonchev–Trinajstić information content (AvgIpc) is 3.15. The lowest BCUT2D eigenvalue weighted by molar-refractivity contribution is -0.136. The molecule has 1 saturated carbocycles. The van der Waals surface area contributed by atoms with Crippen LogP contribution < -0.4 is 10.1 Å². The predicted octanol–water partition coefficient (Wildman–Crippen LogP) is 3.38. The highest BCUT2D eigenvalue weighted by Crippen LogP contribution is 2.37. The molecule has 3 fully saturated rings. The smallest absolute Gasteiger partial charge is 0.255 e. The number of imide groups is 1. The Morgan fingerprint density at radius 2 is 1.75 bits per heavy atom. The van der Waals surface area contributed by atoms with Gasteiger partial charge in [0.05, 0.1) is 0 Å². The molecular weight excluding hydrogens is 461 g/mol. The Labute approximate surface area is 209 Å². The molecule has 8 heteroatoms. The second-order valence-electron chi connectivity index (χ2n) is 10.4. The van der Waals surface area contributed by atoms with Crippen molar-refractivity contribution < 1.29 is 23.5 Å². The molecule has 3 amide bonds. The average molecular weight is 492 g/mol. The summed E-state index contributed by atoms with van der Waals surface area (Å²) >= 11 is 0. The van der Waals surface area contributed by atoms with Crippen LogP contribution in [0.15, 0.2) is 42.5 Å². The topological polar surface area (TPSA) is 79.0 Å². The predicted molar refractivity (Wildman–Crippen MR) is 130 cm³/mol. The van der Waals surface area contributed by atoms with E-state index in [1.54, 1.807) is 6.07 Å². The fourth-order valence-electron chi connectivity index (χ4n) is 6.17. The van der Waals surface area contributed by atoms with Gasteiger partial charge in [0.15, 0.2) is 11.6 Å². The van der Waals surface area contributed by atoms with Gasteiger partial charge in [0.25, 0.3) is 5.91 Å². The van der Waals surface area contributed by atoms with Crippen LogP contribution in [0.2, 0.25) is 0 Å². The molecule has 0 unspecified atom stereocenters. The monoisotopic (exact) mass is 491 g/mol. The molecule has 2 aromatic rings. The highest BCUT2D eigenvalue weighted by molar-refractivity contribution is 6.05. The highest BCUT2D eigenvalue weighted by Gasteiger charge is 2.41. The van der Waals surface area contributed by atoms with Crippen LogP contribution in [0.5, 0.6) is 5.75 Å². The number of likely N-dealkylation sites (tertiary alicyclic amines) is 1. The van der Waals surface area contributed by atoms with E-state index in [0.29, 0.717) is 11.5 Å². The zero-order valence-corrected chi connectivity index (χ0v) is 20.1. The van der Waals surface area contributed by atoms with E-state index < -0.39 is 17.8 Å². The summed E-state index contributed by atoms with van der Waals surface area (Å²) in [5.41, 5.74) is 2.27. The fourth-order valence-corrected chi connectivity index (χ4v) is 6.17. The molecule has 2 saturated heterocycles. The lowest BCUT2D eigenvalue weighted by Crippen LogP contribution is -2.57. The van der Waals surface area contributed by atoms with E-state index >= 15 is 4.39 Å². The van der Waals surface area contributed by atoms with Crippen molar-refractivity contribution in [3.05, 3.63) is 65.0 Å². The number of carbonyl (C=O) groups excluding carboxylic acids is 3. The van der Waals surface area contributed by atoms with Gasteiger partial charge >= 0.3 is 0 Å². The first kappa shape index (κ1) is 23.2. The van der Waals surface area contributed by atoms with Crippen molar-refractivity contribution in [2.75, 3.05) is 13.1 Å². The summed E-state index contributed by atoms with van der Waals surface area (Å²) in [6, 6.07) is 12.9. The summed E-state index contributed by atoms with van der Waals surface area (Å²) in [5.74, 6) is -1.05. The first-order valence-electron chi connectivity index (χ1n) is 12.9. The van der Waals surface area contributed by atoms with Gasteiger partial charge < -0.3 is 9.64 Å². The number of fused-ring (bicyclic) bond motifs is 1. The first-order chi connectivity index (χ1) is 17.5. The molecule has 3 heterocycles. The number of rotatable bonds is 5. The molecule has 4 aliphatic rings. The zero-order valence-electron chi connectivity index (χ0n) is 20.1. The number of halogens is 1. The Bertz CT molecular complexity index is 1200. The van der Waals surface area contributed by atoms with Gasteiger partial charge in [-0.15, -0.1) is 0 Å². The molecule has 3 aliphatic heterocycles. The van der Waals surface area contributed by atoms with Crippen LogP contribution in [-0.2, 0) is 16.1 Å². The summed E-state index contributed by atoms with van der Waals surface area (Å²) < 4.78 is 21.4. The number of piperidine rings is 1. The van der Waals surface area contributed by atoms with E-state index in [9.17, 15) is 14.4 Å². The van der Waals surface area contributed by atoms with Crippen molar-refractivity contribution in [1.82, 2.24) is 15.1 Å².